The molecule has 1 heterocycles. The van der Waals surface area contributed by atoms with Gasteiger partial charge in [0.1, 0.15) is 0 Å². The van der Waals surface area contributed by atoms with E-state index < -0.39 is 0 Å². The smallest absolute Gasteiger partial charge is 0.0839 e. The predicted molar refractivity (Wildman–Crippen MR) is 85.3 cm³/mol. The predicted octanol–water partition coefficient (Wildman–Crippen LogP) is 3.57. The van der Waals surface area contributed by atoms with Crippen molar-refractivity contribution in [2.45, 2.75) is 75.9 Å². The molecule has 3 heteroatoms. The first-order valence-electron chi connectivity index (χ1n) is 8.60. The normalized spacial score (nSPS) is 26.1. The summed E-state index contributed by atoms with van der Waals surface area (Å²) < 4.78 is 6.25. The Balaban J connectivity index is 1.88. The number of pyridine rings is 1. The SMILES string of the molecule is CCOC1(C(N)C2CCCc3cccnc32)CCCCC1. The lowest BCUT2D eigenvalue weighted by Crippen LogP contribution is -2.55. The van der Waals surface area contributed by atoms with Gasteiger partial charge in [0, 0.05) is 30.5 Å². The summed E-state index contributed by atoms with van der Waals surface area (Å²) in [4.78, 5) is 4.67. The lowest BCUT2D eigenvalue weighted by atomic mass is 9.70. The summed E-state index contributed by atoms with van der Waals surface area (Å²) in [5.41, 5.74) is 9.30. The first-order chi connectivity index (χ1) is 10.3. The van der Waals surface area contributed by atoms with Crippen molar-refractivity contribution in [2.24, 2.45) is 5.73 Å². The summed E-state index contributed by atoms with van der Waals surface area (Å²) in [6, 6.07) is 4.34. The van der Waals surface area contributed by atoms with E-state index in [4.69, 9.17) is 10.5 Å². The van der Waals surface area contributed by atoms with Gasteiger partial charge in [-0.2, -0.15) is 0 Å². The molecule has 2 atom stereocenters. The fourth-order valence-electron chi connectivity index (χ4n) is 4.37. The van der Waals surface area contributed by atoms with Crippen LogP contribution in [0, 0.1) is 0 Å². The van der Waals surface area contributed by atoms with Crippen LogP contribution >= 0.6 is 0 Å². The summed E-state index contributed by atoms with van der Waals surface area (Å²) in [5.74, 6) is 0.361. The summed E-state index contributed by atoms with van der Waals surface area (Å²) in [7, 11) is 0. The largest absolute Gasteiger partial charge is 0.374 e. The van der Waals surface area contributed by atoms with E-state index in [-0.39, 0.29) is 11.6 Å². The molecule has 1 saturated carbocycles. The molecule has 1 fully saturated rings. The van der Waals surface area contributed by atoms with Crippen LogP contribution < -0.4 is 5.73 Å². The zero-order valence-corrected chi connectivity index (χ0v) is 13.2. The fourth-order valence-corrected chi connectivity index (χ4v) is 4.37. The molecule has 0 aliphatic heterocycles. The van der Waals surface area contributed by atoms with Crippen LogP contribution in [0.2, 0.25) is 0 Å². The summed E-state index contributed by atoms with van der Waals surface area (Å²) in [6.45, 7) is 2.85. The van der Waals surface area contributed by atoms with Gasteiger partial charge in [-0.05, 0) is 50.7 Å². The highest BCUT2D eigenvalue weighted by atomic mass is 16.5. The molecule has 2 unspecified atom stereocenters. The Hall–Kier alpha value is -0.930. The van der Waals surface area contributed by atoms with Gasteiger partial charge < -0.3 is 10.5 Å². The third-order valence-corrected chi connectivity index (χ3v) is 5.41. The van der Waals surface area contributed by atoms with Crippen LogP contribution in [0.25, 0.3) is 0 Å². The molecule has 2 aliphatic carbocycles. The maximum Gasteiger partial charge on any atom is 0.0839 e. The maximum absolute atomic E-state index is 6.79. The van der Waals surface area contributed by atoms with Crippen LogP contribution in [0.15, 0.2) is 18.3 Å². The van der Waals surface area contributed by atoms with Crippen LogP contribution in [0.5, 0.6) is 0 Å². The molecule has 2 N–H and O–H groups in total. The van der Waals surface area contributed by atoms with Gasteiger partial charge >= 0.3 is 0 Å². The number of nitrogens with two attached hydrogens (primary N) is 1. The topological polar surface area (TPSA) is 48.1 Å². The van der Waals surface area contributed by atoms with Crippen LogP contribution in [-0.2, 0) is 11.2 Å². The van der Waals surface area contributed by atoms with Crippen molar-refractivity contribution in [3.63, 3.8) is 0 Å². The average molecular weight is 288 g/mol. The third kappa shape index (κ3) is 2.86. The van der Waals surface area contributed by atoms with Crippen molar-refractivity contribution < 1.29 is 4.74 Å². The third-order valence-electron chi connectivity index (χ3n) is 5.41. The van der Waals surface area contributed by atoms with Gasteiger partial charge in [0.05, 0.1) is 5.60 Å². The zero-order valence-electron chi connectivity index (χ0n) is 13.2. The Morgan fingerprint density at radius 1 is 1.33 bits per heavy atom. The monoisotopic (exact) mass is 288 g/mol. The van der Waals surface area contributed by atoms with Gasteiger partial charge in [0.25, 0.3) is 0 Å². The van der Waals surface area contributed by atoms with E-state index in [9.17, 15) is 0 Å². The molecule has 21 heavy (non-hydrogen) atoms. The van der Waals surface area contributed by atoms with Gasteiger partial charge in [0.2, 0.25) is 0 Å². The minimum atomic E-state index is -0.121. The maximum atomic E-state index is 6.79. The molecule has 3 nitrogen and oxygen atoms in total. The Morgan fingerprint density at radius 3 is 2.90 bits per heavy atom. The average Bonchev–Trinajstić information content (AvgIpc) is 2.55. The van der Waals surface area contributed by atoms with E-state index in [1.54, 1.807) is 0 Å². The second-order valence-electron chi connectivity index (χ2n) is 6.63. The Labute approximate surface area is 128 Å². The second-order valence-corrected chi connectivity index (χ2v) is 6.63. The molecule has 1 aromatic heterocycles. The molecule has 3 rings (SSSR count). The van der Waals surface area contributed by atoms with Crippen LogP contribution in [0.3, 0.4) is 0 Å². The first-order valence-corrected chi connectivity index (χ1v) is 8.60. The molecular weight excluding hydrogens is 260 g/mol. The standard InChI is InChI=1S/C18H28N2O/c1-2-21-18(11-4-3-5-12-18)17(19)15-10-6-8-14-9-7-13-20-16(14)15/h7,9,13,15,17H,2-6,8,10-12,19H2,1H3. The minimum Gasteiger partial charge on any atom is -0.374 e. The highest BCUT2D eigenvalue weighted by Crippen LogP contribution is 2.42. The van der Waals surface area contributed by atoms with Gasteiger partial charge in [-0.25, -0.2) is 0 Å². The quantitative estimate of drug-likeness (QED) is 0.921. The summed E-state index contributed by atoms with van der Waals surface area (Å²) in [5, 5.41) is 0. The second kappa shape index (κ2) is 6.45. The van der Waals surface area contributed by atoms with Gasteiger partial charge in [-0.15, -0.1) is 0 Å². The number of rotatable bonds is 4. The molecular formula is C18H28N2O. The van der Waals surface area contributed by atoms with Gasteiger partial charge in [-0.1, -0.05) is 25.3 Å². The highest BCUT2D eigenvalue weighted by molar-refractivity contribution is 5.28. The Bertz CT molecular complexity index is 463. The van der Waals surface area contributed by atoms with E-state index in [2.05, 4.69) is 18.0 Å². The molecule has 116 valence electrons. The lowest BCUT2D eigenvalue weighted by Gasteiger charge is -2.45. The molecule has 0 amide bonds. The summed E-state index contributed by atoms with van der Waals surface area (Å²) >= 11 is 0. The van der Waals surface area contributed by atoms with Crippen molar-refractivity contribution in [3.8, 4) is 0 Å². The van der Waals surface area contributed by atoms with Gasteiger partial charge in [-0.3, -0.25) is 4.98 Å². The molecule has 1 aromatic rings. The zero-order chi connectivity index (χ0) is 14.7. The van der Waals surface area contributed by atoms with Crippen LogP contribution in [-0.4, -0.2) is 23.2 Å². The molecule has 0 aromatic carbocycles. The number of ether oxygens (including phenoxy) is 1. The van der Waals surface area contributed by atoms with Crippen molar-refractivity contribution in [1.82, 2.24) is 4.98 Å². The van der Waals surface area contributed by atoms with Crippen molar-refractivity contribution >= 4 is 0 Å². The van der Waals surface area contributed by atoms with Crippen molar-refractivity contribution in [2.75, 3.05) is 6.61 Å². The number of aromatic nitrogens is 1. The lowest BCUT2D eigenvalue weighted by molar-refractivity contribution is -0.0882. The van der Waals surface area contributed by atoms with E-state index >= 15 is 0 Å². The van der Waals surface area contributed by atoms with Crippen LogP contribution in [0.1, 0.15) is 69.0 Å². The molecule has 0 saturated heterocycles. The van der Waals surface area contributed by atoms with E-state index in [0.29, 0.717) is 5.92 Å². The van der Waals surface area contributed by atoms with Crippen LogP contribution in [0.4, 0.5) is 0 Å². The summed E-state index contributed by atoms with van der Waals surface area (Å²) in [6.07, 6.45) is 11.5. The number of fused-ring (bicyclic) bond motifs is 1. The highest BCUT2D eigenvalue weighted by Gasteiger charge is 2.44. The minimum absolute atomic E-state index is 0.0756. The van der Waals surface area contributed by atoms with E-state index in [1.165, 1.54) is 36.9 Å². The first kappa shape index (κ1) is 15.0. The van der Waals surface area contributed by atoms with Crippen molar-refractivity contribution in [3.05, 3.63) is 29.6 Å². The fraction of sp³-hybridized carbons (Fsp3) is 0.722. The van der Waals surface area contributed by atoms with E-state index in [0.717, 1.165) is 32.3 Å². The number of aryl methyl sites for hydroxylation is 1. The molecule has 0 spiro atoms. The number of nitrogens with zero attached hydrogens (tertiary/aromatic N) is 1. The number of hydrogen-bond acceptors (Lipinski definition) is 3. The van der Waals surface area contributed by atoms with Crippen molar-refractivity contribution in [1.29, 1.82) is 0 Å². The number of hydrogen-bond donors (Lipinski definition) is 1. The Kier molecular flexibility index (Phi) is 4.60. The molecule has 0 bridgehead atoms. The molecule has 2 aliphatic rings. The van der Waals surface area contributed by atoms with E-state index in [1.807, 2.05) is 12.3 Å². The van der Waals surface area contributed by atoms with Gasteiger partial charge in [0.15, 0.2) is 0 Å². The Morgan fingerprint density at radius 2 is 2.14 bits per heavy atom. The molecule has 0 radical (unpaired) electrons.